The molecule has 6 heteroatoms. The van der Waals surface area contributed by atoms with Gasteiger partial charge in [0.15, 0.2) is 0 Å². The van der Waals surface area contributed by atoms with Gasteiger partial charge in [-0.15, -0.1) is 0 Å². The Labute approximate surface area is 108 Å². The molecule has 0 radical (unpaired) electrons. The van der Waals surface area contributed by atoms with Gasteiger partial charge >= 0.3 is 0 Å². The largest absolute Gasteiger partial charge is 0.325 e. The highest BCUT2D eigenvalue weighted by molar-refractivity contribution is 7.89. The van der Waals surface area contributed by atoms with Crippen molar-refractivity contribution in [2.24, 2.45) is 11.7 Å². The molecule has 18 heavy (non-hydrogen) atoms. The third-order valence-corrected chi connectivity index (χ3v) is 5.30. The lowest BCUT2D eigenvalue weighted by Gasteiger charge is -2.20. The minimum absolute atomic E-state index is 0.0548. The zero-order valence-corrected chi connectivity index (χ0v) is 11.5. The van der Waals surface area contributed by atoms with Gasteiger partial charge < -0.3 is 5.73 Å². The van der Waals surface area contributed by atoms with Crippen molar-refractivity contribution >= 4 is 10.0 Å². The van der Waals surface area contributed by atoms with Crippen molar-refractivity contribution in [1.29, 1.82) is 0 Å². The molecule has 2 unspecified atom stereocenters. The van der Waals surface area contributed by atoms with E-state index in [2.05, 4.69) is 11.9 Å². The van der Waals surface area contributed by atoms with E-state index in [0.29, 0.717) is 24.7 Å². The summed E-state index contributed by atoms with van der Waals surface area (Å²) in [5.41, 5.74) is 6.14. The molecule has 2 atom stereocenters. The average molecular weight is 269 g/mol. The Morgan fingerprint density at radius 1 is 1.44 bits per heavy atom. The molecule has 2 N–H and O–H groups in total. The second kappa shape index (κ2) is 4.95. The fraction of sp³-hybridized carbons (Fsp3) is 0.583. The van der Waals surface area contributed by atoms with Crippen LogP contribution in [0.15, 0.2) is 23.2 Å². The molecule has 0 amide bonds. The van der Waals surface area contributed by atoms with Crippen LogP contribution < -0.4 is 5.73 Å². The van der Waals surface area contributed by atoms with Gasteiger partial charge in [0.2, 0.25) is 10.0 Å². The number of nitrogens with two attached hydrogens (primary N) is 1. The third kappa shape index (κ3) is 2.41. The second-order valence-electron chi connectivity index (χ2n) is 4.95. The molecule has 1 aliphatic heterocycles. The van der Waals surface area contributed by atoms with Crippen LogP contribution in [0.1, 0.15) is 26.0 Å². The predicted molar refractivity (Wildman–Crippen MR) is 69.3 cm³/mol. The van der Waals surface area contributed by atoms with Gasteiger partial charge in [-0.1, -0.05) is 6.92 Å². The van der Waals surface area contributed by atoms with E-state index in [4.69, 9.17) is 5.73 Å². The Morgan fingerprint density at radius 2 is 2.17 bits per heavy atom. The van der Waals surface area contributed by atoms with Gasteiger partial charge in [0, 0.05) is 25.3 Å². The average Bonchev–Trinajstić information content (AvgIpc) is 2.69. The summed E-state index contributed by atoms with van der Waals surface area (Å²) in [4.78, 5) is 4.30. The van der Waals surface area contributed by atoms with Gasteiger partial charge in [-0.05, 0) is 31.4 Å². The van der Waals surface area contributed by atoms with Gasteiger partial charge in [0.05, 0.1) is 5.69 Å². The van der Waals surface area contributed by atoms with Gasteiger partial charge in [-0.3, -0.25) is 4.98 Å². The molecule has 2 heterocycles. The first-order valence-electron chi connectivity index (χ1n) is 6.12. The summed E-state index contributed by atoms with van der Waals surface area (Å²) < 4.78 is 26.5. The maximum atomic E-state index is 12.4. The van der Waals surface area contributed by atoms with E-state index >= 15 is 0 Å². The summed E-state index contributed by atoms with van der Waals surface area (Å²) in [5, 5.41) is 0. The van der Waals surface area contributed by atoms with Crippen LogP contribution in [-0.4, -0.2) is 30.3 Å². The number of pyridine rings is 1. The first-order valence-corrected chi connectivity index (χ1v) is 7.56. The fourth-order valence-corrected chi connectivity index (χ4v) is 4.12. The Hall–Kier alpha value is -0.980. The molecule has 1 saturated heterocycles. The maximum Gasteiger partial charge on any atom is 0.244 e. The van der Waals surface area contributed by atoms with Crippen molar-refractivity contribution < 1.29 is 8.42 Å². The van der Waals surface area contributed by atoms with Crippen molar-refractivity contribution in [3.63, 3.8) is 0 Å². The summed E-state index contributed by atoms with van der Waals surface area (Å²) in [7, 11) is -3.42. The monoisotopic (exact) mass is 269 g/mol. The minimum atomic E-state index is -3.42. The lowest BCUT2D eigenvalue weighted by Crippen LogP contribution is -2.34. The number of nitrogens with zero attached hydrogens (tertiary/aromatic N) is 2. The van der Waals surface area contributed by atoms with Crippen LogP contribution in [0.5, 0.6) is 0 Å². The third-order valence-electron chi connectivity index (χ3n) is 3.34. The molecule has 0 aliphatic carbocycles. The zero-order chi connectivity index (χ0) is 13.3. The molecule has 1 fully saturated rings. The number of hydrogen-bond donors (Lipinski definition) is 1. The Bertz CT molecular complexity index is 513. The molecule has 100 valence electrons. The molecular formula is C12H19N3O2S. The lowest BCUT2D eigenvalue weighted by molar-refractivity contribution is 0.405. The summed E-state index contributed by atoms with van der Waals surface area (Å²) in [6.07, 6.45) is 2.31. The smallest absolute Gasteiger partial charge is 0.244 e. The minimum Gasteiger partial charge on any atom is -0.325 e. The van der Waals surface area contributed by atoms with Crippen molar-refractivity contribution in [2.45, 2.75) is 37.8 Å². The van der Waals surface area contributed by atoms with Crippen LogP contribution >= 0.6 is 0 Å². The first kappa shape index (κ1) is 13.5. The van der Waals surface area contributed by atoms with E-state index in [1.54, 1.807) is 16.4 Å². The normalized spacial score (nSPS) is 25.5. The van der Waals surface area contributed by atoms with Gasteiger partial charge in [-0.25, -0.2) is 8.42 Å². The van der Waals surface area contributed by atoms with E-state index in [-0.39, 0.29) is 10.9 Å². The first-order chi connectivity index (χ1) is 8.45. The standard InChI is InChI=1S/C12H19N3O2S/c1-9-5-10(2)15(8-9)18(16,17)12-4-3-11(6-13)14-7-12/h3-4,7,9-10H,5-6,8,13H2,1-2H3. The number of hydrogen-bond acceptors (Lipinski definition) is 4. The number of rotatable bonds is 3. The van der Waals surface area contributed by atoms with Crippen LogP contribution in [0.25, 0.3) is 0 Å². The Morgan fingerprint density at radius 3 is 2.61 bits per heavy atom. The van der Waals surface area contributed by atoms with Crippen molar-refractivity contribution in [3.8, 4) is 0 Å². The van der Waals surface area contributed by atoms with Crippen molar-refractivity contribution in [2.75, 3.05) is 6.54 Å². The second-order valence-corrected chi connectivity index (χ2v) is 6.84. The topological polar surface area (TPSA) is 76.3 Å². The summed E-state index contributed by atoms with van der Waals surface area (Å²) in [5.74, 6) is 0.408. The molecule has 0 saturated carbocycles. The van der Waals surface area contributed by atoms with E-state index in [1.807, 2.05) is 6.92 Å². The van der Waals surface area contributed by atoms with E-state index < -0.39 is 10.0 Å². The highest BCUT2D eigenvalue weighted by atomic mass is 32.2. The van der Waals surface area contributed by atoms with Gasteiger partial charge in [-0.2, -0.15) is 4.31 Å². The zero-order valence-electron chi connectivity index (χ0n) is 10.7. The molecule has 1 aromatic heterocycles. The van der Waals surface area contributed by atoms with Crippen molar-refractivity contribution in [1.82, 2.24) is 9.29 Å². The Balaban J connectivity index is 2.30. The number of sulfonamides is 1. The van der Waals surface area contributed by atoms with Crippen LogP contribution in [0.4, 0.5) is 0 Å². The molecule has 0 aromatic carbocycles. The van der Waals surface area contributed by atoms with E-state index in [9.17, 15) is 8.42 Å². The summed E-state index contributed by atoms with van der Waals surface area (Å²) >= 11 is 0. The molecule has 0 spiro atoms. The van der Waals surface area contributed by atoms with E-state index in [0.717, 1.165) is 6.42 Å². The molecular weight excluding hydrogens is 250 g/mol. The maximum absolute atomic E-state index is 12.4. The van der Waals surface area contributed by atoms with Crippen molar-refractivity contribution in [3.05, 3.63) is 24.0 Å². The predicted octanol–water partition coefficient (Wildman–Crippen LogP) is 0.959. The van der Waals surface area contributed by atoms with E-state index in [1.165, 1.54) is 6.20 Å². The quantitative estimate of drug-likeness (QED) is 0.886. The van der Waals surface area contributed by atoms with Crippen LogP contribution in [-0.2, 0) is 16.6 Å². The molecule has 1 aromatic rings. The molecule has 0 bridgehead atoms. The van der Waals surface area contributed by atoms with Crippen LogP contribution in [0.3, 0.4) is 0 Å². The van der Waals surface area contributed by atoms with Crippen LogP contribution in [0.2, 0.25) is 0 Å². The lowest BCUT2D eigenvalue weighted by atomic mass is 10.1. The SMILES string of the molecule is CC1CC(C)N(S(=O)(=O)c2ccc(CN)nc2)C1. The van der Waals surface area contributed by atoms with Gasteiger partial charge in [0.1, 0.15) is 4.90 Å². The number of aromatic nitrogens is 1. The highest BCUT2D eigenvalue weighted by Crippen LogP contribution is 2.28. The Kier molecular flexibility index (Phi) is 3.70. The summed E-state index contributed by atoms with van der Waals surface area (Å²) in [6.45, 7) is 4.92. The summed E-state index contributed by atoms with van der Waals surface area (Å²) in [6, 6.07) is 3.30. The fourth-order valence-electron chi connectivity index (χ4n) is 2.42. The molecule has 2 rings (SSSR count). The van der Waals surface area contributed by atoms with Crippen LogP contribution in [0, 0.1) is 5.92 Å². The van der Waals surface area contributed by atoms with Gasteiger partial charge in [0.25, 0.3) is 0 Å². The highest BCUT2D eigenvalue weighted by Gasteiger charge is 2.36. The molecule has 1 aliphatic rings. The molecule has 5 nitrogen and oxygen atoms in total.